The standard InChI is InChI=1S/C22H28N2O/c1-17-10-6-7-13-20(17)24-21(25)18(2)23-16-22(14-8-9-15-22)19-11-4-3-5-12-19/h3-7,10-13,18,23H,8-9,14-16H2,1-2H3,(H,24,25). The lowest BCUT2D eigenvalue weighted by Crippen LogP contribution is -2.45. The first-order valence-electron chi connectivity index (χ1n) is 9.26. The van der Waals surface area contributed by atoms with Gasteiger partial charge in [0, 0.05) is 17.6 Å². The number of anilines is 1. The number of hydrogen-bond acceptors (Lipinski definition) is 2. The van der Waals surface area contributed by atoms with Crippen LogP contribution in [0.1, 0.15) is 43.7 Å². The summed E-state index contributed by atoms with van der Waals surface area (Å²) in [6.45, 7) is 4.80. The van der Waals surface area contributed by atoms with Crippen LogP contribution in [0, 0.1) is 6.92 Å². The number of carbonyl (C=O) groups is 1. The summed E-state index contributed by atoms with van der Waals surface area (Å²) in [6, 6.07) is 18.4. The lowest BCUT2D eigenvalue weighted by Gasteiger charge is -2.31. The van der Waals surface area contributed by atoms with Crippen molar-refractivity contribution in [3.63, 3.8) is 0 Å². The molecule has 0 spiro atoms. The molecule has 25 heavy (non-hydrogen) atoms. The number of para-hydroxylation sites is 1. The maximum atomic E-state index is 12.5. The Hall–Kier alpha value is -2.13. The number of rotatable bonds is 6. The van der Waals surface area contributed by atoms with Crippen LogP contribution in [0.4, 0.5) is 5.69 Å². The fraction of sp³-hybridized carbons (Fsp3) is 0.409. The molecule has 1 saturated carbocycles. The summed E-state index contributed by atoms with van der Waals surface area (Å²) in [5, 5.41) is 6.53. The minimum Gasteiger partial charge on any atom is -0.324 e. The van der Waals surface area contributed by atoms with Gasteiger partial charge < -0.3 is 10.6 Å². The second kappa shape index (κ2) is 7.83. The number of carbonyl (C=O) groups excluding carboxylic acids is 1. The maximum Gasteiger partial charge on any atom is 0.241 e. The van der Waals surface area contributed by atoms with Gasteiger partial charge in [0.25, 0.3) is 0 Å². The van der Waals surface area contributed by atoms with Gasteiger partial charge >= 0.3 is 0 Å². The zero-order chi connectivity index (χ0) is 17.7. The van der Waals surface area contributed by atoms with Crippen LogP contribution in [0.15, 0.2) is 54.6 Å². The molecule has 0 radical (unpaired) electrons. The quantitative estimate of drug-likeness (QED) is 0.819. The largest absolute Gasteiger partial charge is 0.324 e. The van der Waals surface area contributed by atoms with E-state index >= 15 is 0 Å². The van der Waals surface area contributed by atoms with Crippen molar-refractivity contribution in [3.8, 4) is 0 Å². The van der Waals surface area contributed by atoms with E-state index in [0.29, 0.717) is 0 Å². The molecule has 3 rings (SSSR count). The van der Waals surface area contributed by atoms with E-state index in [1.54, 1.807) is 0 Å². The van der Waals surface area contributed by atoms with Crippen LogP contribution in [-0.2, 0) is 10.2 Å². The molecule has 0 heterocycles. The molecule has 1 aliphatic rings. The monoisotopic (exact) mass is 336 g/mol. The number of aryl methyl sites for hydroxylation is 1. The molecule has 0 aliphatic heterocycles. The predicted octanol–water partition coefficient (Wildman–Crippen LogP) is 4.42. The fourth-order valence-electron chi connectivity index (χ4n) is 3.81. The molecule has 1 fully saturated rings. The van der Waals surface area contributed by atoms with E-state index in [1.807, 2.05) is 38.1 Å². The molecule has 0 saturated heterocycles. The first kappa shape index (κ1) is 17.7. The highest BCUT2D eigenvalue weighted by atomic mass is 16.2. The van der Waals surface area contributed by atoms with Crippen LogP contribution in [0.3, 0.4) is 0 Å². The van der Waals surface area contributed by atoms with Crippen LogP contribution >= 0.6 is 0 Å². The Kier molecular flexibility index (Phi) is 5.54. The molecule has 3 nitrogen and oxygen atoms in total. The summed E-state index contributed by atoms with van der Waals surface area (Å²) in [4.78, 5) is 12.5. The first-order chi connectivity index (χ1) is 12.1. The average Bonchev–Trinajstić information content (AvgIpc) is 3.12. The molecular formula is C22H28N2O. The Morgan fingerprint density at radius 3 is 2.36 bits per heavy atom. The van der Waals surface area contributed by atoms with Crippen molar-refractivity contribution in [1.29, 1.82) is 0 Å². The number of nitrogens with one attached hydrogen (secondary N) is 2. The molecular weight excluding hydrogens is 308 g/mol. The molecule has 1 unspecified atom stereocenters. The summed E-state index contributed by atoms with van der Waals surface area (Å²) >= 11 is 0. The molecule has 3 heteroatoms. The van der Waals surface area contributed by atoms with E-state index in [4.69, 9.17) is 0 Å². The number of benzene rings is 2. The second-order valence-electron chi connectivity index (χ2n) is 7.26. The van der Waals surface area contributed by atoms with Crippen LogP contribution < -0.4 is 10.6 Å². The highest BCUT2D eigenvalue weighted by Gasteiger charge is 2.35. The zero-order valence-corrected chi connectivity index (χ0v) is 15.2. The van der Waals surface area contributed by atoms with Gasteiger partial charge in [0.1, 0.15) is 0 Å². The molecule has 132 valence electrons. The maximum absolute atomic E-state index is 12.5. The SMILES string of the molecule is Cc1ccccc1NC(=O)C(C)NCC1(c2ccccc2)CCCC1. The molecule has 1 aliphatic carbocycles. The number of amides is 1. The van der Waals surface area contributed by atoms with Crippen molar-refractivity contribution in [2.45, 2.75) is 51.0 Å². The van der Waals surface area contributed by atoms with Gasteiger partial charge in [-0.2, -0.15) is 0 Å². The van der Waals surface area contributed by atoms with Crippen LogP contribution in [0.25, 0.3) is 0 Å². The van der Waals surface area contributed by atoms with Gasteiger partial charge in [-0.15, -0.1) is 0 Å². The summed E-state index contributed by atoms with van der Waals surface area (Å²) in [6.07, 6.45) is 4.91. The summed E-state index contributed by atoms with van der Waals surface area (Å²) in [5.41, 5.74) is 3.53. The Morgan fingerprint density at radius 2 is 1.68 bits per heavy atom. The van der Waals surface area contributed by atoms with Crippen LogP contribution in [-0.4, -0.2) is 18.5 Å². The zero-order valence-electron chi connectivity index (χ0n) is 15.2. The lowest BCUT2D eigenvalue weighted by atomic mass is 9.78. The van der Waals surface area contributed by atoms with E-state index in [-0.39, 0.29) is 17.4 Å². The summed E-state index contributed by atoms with van der Waals surface area (Å²) < 4.78 is 0. The third kappa shape index (κ3) is 4.10. The molecule has 2 aromatic carbocycles. The van der Waals surface area contributed by atoms with E-state index in [1.165, 1.54) is 31.2 Å². The minimum atomic E-state index is -0.221. The van der Waals surface area contributed by atoms with E-state index < -0.39 is 0 Å². The first-order valence-corrected chi connectivity index (χ1v) is 9.26. The van der Waals surface area contributed by atoms with Crippen molar-refractivity contribution in [1.82, 2.24) is 5.32 Å². The van der Waals surface area contributed by atoms with Gasteiger partial charge in [0.2, 0.25) is 5.91 Å². The Morgan fingerprint density at radius 1 is 1.04 bits per heavy atom. The molecule has 2 aromatic rings. The van der Waals surface area contributed by atoms with Crippen molar-refractivity contribution in [2.75, 3.05) is 11.9 Å². The fourth-order valence-corrected chi connectivity index (χ4v) is 3.81. The van der Waals surface area contributed by atoms with Crippen molar-refractivity contribution < 1.29 is 4.79 Å². The highest BCUT2D eigenvalue weighted by molar-refractivity contribution is 5.95. The lowest BCUT2D eigenvalue weighted by molar-refractivity contribution is -0.117. The summed E-state index contributed by atoms with van der Waals surface area (Å²) in [5.74, 6) is 0.0236. The van der Waals surface area contributed by atoms with E-state index in [9.17, 15) is 4.79 Å². The van der Waals surface area contributed by atoms with Crippen molar-refractivity contribution >= 4 is 11.6 Å². The van der Waals surface area contributed by atoms with E-state index in [0.717, 1.165) is 17.8 Å². The molecule has 1 amide bonds. The molecule has 1 atom stereocenters. The molecule has 0 bridgehead atoms. The smallest absolute Gasteiger partial charge is 0.241 e. The number of hydrogen-bond donors (Lipinski definition) is 2. The topological polar surface area (TPSA) is 41.1 Å². The van der Waals surface area contributed by atoms with Gasteiger partial charge in [0.05, 0.1) is 6.04 Å². The minimum absolute atomic E-state index is 0.0236. The molecule has 0 aromatic heterocycles. The predicted molar refractivity (Wildman–Crippen MR) is 104 cm³/mol. The Labute approximate surface area is 150 Å². The van der Waals surface area contributed by atoms with Crippen LogP contribution in [0.2, 0.25) is 0 Å². The summed E-state index contributed by atoms with van der Waals surface area (Å²) in [7, 11) is 0. The van der Waals surface area contributed by atoms with Gasteiger partial charge in [-0.1, -0.05) is 61.4 Å². The third-order valence-electron chi connectivity index (χ3n) is 5.49. The highest BCUT2D eigenvalue weighted by Crippen LogP contribution is 2.40. The Bertz CT molecular complexity index is 705. The van der Waals surface area contributed by atoms with Crippen LogP contribution in [0.5, 0.6) is 0 Å². The third-order valence-corrected chi connectivity index (χ3v) is 5.49. The average molecular weight is 336 g/mol. The van der Waals surface area contributed by atoms with Crippen molar-refractivity contribution in [3.05, 3.63) is 65.7 Å². The van der Waals surface area contributed by atoms with E-state index in [2.05, 4.69) is 41.0 Å². The van der Waals surface area contributed by atoms with Gasteiger partial charge in [-0.05, 0) is 43.9 Å². The van der Waals surface area contributed by atoms with Crippen molar-refractivity contribution in [2.24, 2.45) is 0 Å². The van der Waals surface area contributed by atoms with Gasteiger partial charge in [-0.3, -0.25) is 4.79 Å². The van der Waals surface area contributed by atoms with Gasteiger partial charge in [-0.25, -0.2) is 0 Å². The second-order valence-corrected chi connectivity index (χ2v) is 7.26. The van der Waals surface area contributed by atoms with Gasteiger partial charge in [0.15, 0.2) is 0 Å². The Balaban J connectivity index is 1.63. The molecule has 2 N–H and O–H groups in total. The normalized spacial score (nSPS) is 17.2.